The molecule has 0 spiro atoms. The Kier molecular flexibility index (Phi) is 5.94. The Morgan fingerprint density at radius 1 is 1.17 bits per heavy atom. The molecular weight excluding hydrogens is 170 g/mol. The van der Waals surface area contributed by atoms with Crippen molar-refractivity contribution in [2.45, 2.75) is 45.0 Å². The second kappa shape index (κ2) is 5.82. The van der Waals surface area contributed by atoms with Crippen LogP contribution in [-0.4, -0.2) is 30.6 Å². The average molecular weight is 193 g/mol. The van der Waals surface area contributed by atoms with Gasteiger partial charge >= 0.3 is 0 Å². The molecule has 0 amide bonds. The number of nitrogens with zero attached hydrogens (tertiary/aromatic N) is 1. The minimum absolute atomic E-state index is 0.293. The van der Waals surface area contributed by atoms with Crippen molar-refractivity contribution in [2.75, 3.05) is 20.6 Å². The summed E-state index contributed by atoms with van der Waals surface area (Å²) in [6, 6.07) is 0. The quantitative estimate of drug-likeness (QED) is 0.345. The lowest BCUT2D eigenvalue weighted by atomic mass is 10.2. The zero-order chi connectivity index (χ0) is 9.61. The third kappa shape index (κ3) is 4.32. The van der Waals surface area contributed by atoms with Gasteiger partial charge in [0.05, 0.1) is 20.6 Å². The molecule has 0 aliphatic rings. The summed E-state index contributed by atoms with van der Waals surface area (Å²) in [5.41, 5.74) is 0.293. The van der Waals surface area contributed by atoms with Crippen LogP contribution in [-0.2, 0) is 0 Å². The number of hydrogen-bond donors (Lipinski definition) is 0. The molecule has 0 heterocycles. The summed E-state index contributed by atoms with van der Waals surface area (Å²) in [6.07, 6.45) is 4.84. The fraction of sp³-hybridized carbons (Fsp3) is 1.00. The number of unbranched alkanes of at least 4 members (excludes halogenated alkanes) is 1. The maximum Gasteiger partial charge on any atom is 0.164 e. The van der Waals surface area contributed by atoms with E-state index < -0.39 is 0 Å². The van der Waals surface area contributed by atoms with Crippen molar-refractivity contribution < 1.29 is 4.48 Å². The summed E-state index contributed by atoms with van der Waals surface area (Å²) >= 11 is 6.28. The molecule has 1 atom stereocenters. The van der Waals surface area contributed by atoms with E-state index in [1.54, 1.807) is 0 Å². The molecule has 0 rings (SSSR count). The Morgan fingerprint density at radius 3 is 2.17 bits per heavy atom. The zero-order valence-electron chi connectivity index (χ0n) is 8.94. The Hall–Kier alpha value is 0.250. The number of hydrogen-bond acceptors (Lipinski definition) is 0. The van der Waals surface area contributed by atoms with Crippen molar-refractivity contribution in [3.63, 3.8) is 0 Å². The molecule has 0 radical (unpaired) electrons. The van der Waals surface area contributed by atoms with Crippen molar-refractivity contribution in [1.29, 1.82) is 0 Å². The molecule has 2 heteroatoms. The largest absolute Gasteiger partial charge is 0.313 e. The van der Waals surface area contributed by atoms with Crippen LogP contribution in [0.1, 0.15) is 39.5 Å². The Labute approximate surface area is 82.3 Å². The highest BCUT2D eigenvalue weighted by Gasteiger charge is 2.23. The van der Waals surface area contributed by atoms with Gasteiger partial charge in [0.1, 0.15) is 0 Å². The fourth-order valence-corrected chi connectivity index (χ4v) is 1.61. The van der Waals surface area contributed by atoms with Crippen LogP contribution < -0.4 is 0 Å². The van der Waals surface area contributed by atoms with Gasteiger partial charge in [0.25, 0.3) is 0 Å². The summed E-state index contributed by atoms with van der Waals surface area (Å²) in [5, 5.41) is 0. The minimum Gasteiger partial charge on any atom is -0.313 e. The molecule has 0 bridgehead atoms. The van der Waals surface area contributed by atoms with Gasteiger partial charge in [0, 0.05) is 6.42 Å². The van der Waals surface area contributed by atoms with Gasteiger partial charge in [-0.3, -0.25) is 0 Å². The highest BCUT2D eigenvalue weighted by atomic mass is 35.5. The molecule has 0 aromatic heterocycles. The van der Waals surface area contributed by atoms with Crippen LogP contribution in [0.4, 0.5) is 0 Å². The fourth-order valence-electron chi connectivity index (χ4n) is 1.29. The highest BCUT2D eigenvalue weighted by molar-refractivity contribution is 6.19. The van der Waals surface area contributed by atoms with E-state index in [-0.39, 0.29) is 0 Å². The molecule has 1 unspecified atom stereocenters. The van der Waals surface area contributed by atoms with Crippen LogP contribution in [0.2, 0.25) is 0 Å². The molecule has 0 fully saturated rings. The van der Waals surface area contributed by atoms with Gasteiger partial charge in [-0.2, -0.15) is 0 Å². The molecule has 0 aliphatic heterocycles. The normalized spacial score (nSPS) is 14.8. The van der Waals surface area contributed by atoms with Crippen molar-refractivity contribution in [1.82, 2.24) is 0 Å². The number of quaternary nitrogens is 1. The molecule has 0 aromatic rings. The van der Waals surface area contributed by atoms with Crippen molar-refractivity contribution in [3.05, 3.63) is 0 Å². The molecule has 0 saturated carbocycles. The van der Waals surface area contributed by atoms with E-state index in [4.69, 9.17) is 11.6 Å². The maximum atomic E-state index is 6.28. The Morgan fingerprint density at radius 2 is 1.75 bits per heavy atom. The Balaban J connectivity index is 3.81. The molecule has 0 aromatic carbocycles. The number of rotatable bonds is 6. The van der Waals surface area contributed by atoms with E-state index in [0.717, 1.165) is 10.9 Å². The molecule has 1 nitrogen and oxygen atoms in total. The van der Waals surface area contributed by atoms with E-state index in [0.29, 0.717) is 5.50 Å². The van der Waals surface area contributed by atoms with Crippen LogP contribution in [0.15, 0.2) is 0 Å². The first-order chi connectivity index (χ1) is 5.54. The van der Waals surface area contributed by atoms with Crippen LogP contribution >= 0.6 is 11.6 Å². The first-order valence-corrected chi connectivity index (χ1v) is 5.45. The molecular formula is C10H23ClN+. The predicted molar refractivity (Wildman–Crippen MR) is 56.4 cm³/mol. The molecule has 0 aliphatic carbocycles. The van der Waals surface area contributed by atoms with Gasteiger partial charge in [-0.25, -0.2) is 0 Å². The van der Waals surface area contributed by atoms with E-state index in [2.05, 4.69) is 27.9 Å². The van der Waals surface area contributed by atoms with E-state index in [9.17, 15) is 0 Å². The van der Waals surface area contributed by atoms with Crippen LogP contribution in [0.25, 0.3) is 0 Å². The first-order valence-electron chi connectivity index (χ1n) is 5.01. The zero-order valence-corrected chi connectivity index (χ0v) is 9.69. The van der Waals surface area contributed by atoms with E-state index in [1.165, 1.54) is 25.8 Å². The molecule has 74 valence electrons. The molecule has 0 saturated heterocycles. The summed E-state index contributed by atoms with van der Waals surface area (Å²) in [4.78, 5) is 0. The second-order valence-electron chi connectivity index (χ2n) is 4.08. The van der Waals surface area contributed by atoms with Crippen LogP contribution in [0, 0.1) is 0 Å². The van der Waals surface area contributed by atoms with Gasteiger partial charge in [0.2, 0.25) is 0 Å². The lowest BCUT2D eigenvalue weighted by Crippen LogP contribution is -2.46. The van der Waals surface area contributed by atoms with E-state index in [1.807, 2.05) is 0 Å². The topological polar surface area (TPSA) is 0 Å². The van der Waals surface area contributed by atoms with Crippen molar-refractivity contribution >= 4 is 11.6 Å². The van der Waals surface area contributed by atoms with Gasteiger partial charge in [-0.1, -0.05) is 31.9 Å². The van der Waals surface area contributed by atoms with Gasteiger partial charge < -0.3 is 4.48 Å². The number of halogens is 1. The standard InChI is InChI=1S/C10H23ClN/c1-5-7-9-12(3,4)10(11)8-6-2/h10H,5-9H2,1-4H3/q+1. The van der Waals surface area contributed by atoms with Gasteiger partial charge in [-0.05, 0) is 12.8 Å². The molecule has 0 N–H and O–H groups in total. The van der Waals surface area contributed by atoms with Gasteiger partial charge in [0.15, 0.2) is 5.50 Å². The monoisotopic (exact) mass is 192 g/mol. The first kappa shape index (κ1) is 12.2. The molecule has 12 heavy (non-hydrogen) atoms. The summed E-state index contributed by atoms with van der Waals surface area (Å²) < 4.78 is 0.962. The highest BCUT2D eigenvalue weighted by Crippen LogP contribution is 2.17. The Bertz CT molecular complexity index is 112. The lowest BCUT2D eigenvalue weighted by molar-refractivity contribution is -0.902. The second-order valence-corrected chi connectivity index (χ2v) is 4.58. The maximum absolute atomic E-state index is 6.28. The van der Waals surface area contributed by atoms with Gasteiger partial charge in [-0.15, -0.1) is 0 Å². The van der Waals surface area contributed by atoms with Crippen molar-refractivity contribution in [2.24, 2.45) is 0 Å². The smallest absolute Gasteiger partial charge is 0.164 e. The van der Waals surface area contributed by atoms with E-state index >= 15 is 0 Å². The predicted octanol–water partition coefficient (Wildman–Crippen LogP) is 3.23. The SMILES string of the molecule is CCCC[N+](C)(C)C(Cl)CCC. The third-order valence-corrected chi connectivity index (χ3v) is 3.12. The number of alkyl halides is 1. The summed E-state index contributed by atoms with van der Waals surface area (Å²) in [5.74, 6) is 0. The summed E-state index contributed by atoms with van der Waals surface area (Å²) in [7, 11) is 4.45. The van der Waals surface area contributed by atoms with Crippen LogP contribution in [0.3, 0.4) is 0 Å². The minimum atomic E-state index is 0.293. The average Bonchev–Trinajstić information content (AvgIpc) is 2.01. The van der Waals surface area contributed by atoms with Crippen molar-refractivity contribution in [3.8, 4) is 0 Å². The summed E-state index contributed by atoms with van der Waals surface area (Å²) in [6.45, 7) is 5.61. The third-order valence-electron chi connectivity index (χ3n) is 2.37. The lowest BCUT2D eigenvalue weighted by Gasteiger charge is -2.34. The van der Waals surface area contributed by atoms with Crippen LogP contribution in [0.5, 0.6) is 0 Å².